The lowest BCUT2D eigenvalue weighted by molar-refractivity contribution is -0.116. The van der Waals surface area contributed by atoms with Gasteiger partial charge in [-0.05, 0) is 48.7 Å². The molecule has 0 atom stereocenters. The normalized spacial score (nSPS) is 15.8. The fourth-order valence-electron chi connectivity index (χ4n) is 3.57. The van der Waals surface area contributed by atoms with Crippen LogP contribution in [0.4, 0.5) is 11.4 Å². The van der Waals surface area contributed by atoms with Gasteiger partial charge in [0.2, 0.25) is 5.91 Å². The second-order valence-corrected chi connectivity index (χ2v) is 7.55. The third-order valence-electron chi connectivity index (χ3n) is 5.06. The number of hydrogen-bond acceptors (Lipinski definition) is 5. The van der Waals surface area contributed by atoms with Gasteiger partial charge in [-0.3, -0.25) is 4.79 Å². The van der Waals surface area contributed by atoms with Crippen LogP contribution in [0.5, 0.6) is 11.5 Å². The zero-order valence-electron chi connectivity index (χ0n) is 16.3. The highest BCUT2D eigenvalue weighted by Crippen LogP contribution is 2.31. The first-order valence-electron chi connectivity index (χ1n) is 10.00. The summed E-state index contributed by atoms with van der Waals surface area (Å²) in [6.45, 7) is 4.22. The number of halogens is 1. The summed E-state index contributed by atoms with van der Waals surface area (Å²) in [5.41, 5.74) is 2.84. The molecule has 2 aromatic rings. The summed E-state index contributed by atoms with van der Waals surface area (Å²) in [5.74, 6) is 1.56. The molecule has 0 spiro atoms. The Balaban J connectivity index is 1.27. The van der Waals surface area contributed by atoms with Crippen LogP contribution in [0.25, 0.3) is 0 Å². The van der Waals surface area contributed by atoms with Crippen molar-refractivity contribution in [3.8, 4) is 11.5 Å². The molecule has 2 heterocycles. The number of nitrogens with one attached hydrogen (secondary N) is 1. The van der Waals surface area contributed by atoms with Crippen LogP contribution in [0.3, 0.4) is 0 Å². The van der Waals surface area contributed by atoms with Gasteiger partial charge in [0, 0.05) is 25.2 Å². The first-order chi connectivity index (χ1) is 14.2. The van der Waals surface area contributed by atoms with Crippen molar-refractivity contribution in [3.63, 3.8) is 0 Å². The Bertz CT molecular complexity index is 868. The minimum absolute atomic E-state index is 0.0160. The lowest BCUT2D eigenvalue weighted by Gasteiger charge is -2.29. The van der Waals surface area contributed by atoms with Gasteiger partial charge in [0.15, 0.2) is 11.5 Å². The molecule has 1 N–H and O–H groups in total. The molecule has 1 fully saturated rings. The number of carbonyl (C=O) groups is 1. The standard InChI is InChI=1S/C22H25ClN2O4/c23-18-15-17(5-6-19(18)25-8-10-27-11-9-25)24-22(26)3-1-2-16-4-7-20-21(14-16)29-13-12-28-20/h4-7,14-15H,1-3,8-13H2,(H,24,26). The number of ether oxygens (including phenoxy) is 3. The maximum Gasteiger partial charge on any atom is 0.224 e. The number of nitrogens with zero attached hydrogens (tertiary/aromatic N) is 1. The summed E-state index contributed by atoms with van der Waals surface area (Å²) in [6.07, 6.45) is 2.00. The molecule has 6 nitrogen and oxygen atoms in total. The topological polar surface area (TPSA) is 60.0 Å². The zero-order chi connectivity index (χ0) is 20.1. The molecule has 0 saturated carbocycles. The summed E-state index contributed by atoms with van der Waals surface area (Å²) < 4.78 is 16.5. The molecule has 0 unspecified atom stereocenters. The average Bonchev–Trinajstić information content (AvgIpc) is 2.74. The van der Waals surface area contributed by atoms with E-state index < -0.39 is 0 Å². The molecular weight excluding hydrogens is 392 g/mol. The SMILES string of the molecule is O=C(CCCc1ccc2c(c1)OCCO2)Nc1ccc(N2CCOCC2)c(Cl)c1. The van der Waals surface area contributed by atoms with Crippen molar-refractivity contribution in [1.29, 1.82) is 0 Å². The van der Waals surface area contributed by atoms with Crippen LogP contribution in [0.15, 0.2) is 36.4 Å². The van der Waals surface area contributed by atoms with Gasteiger partial charge < -0.3 is 24.4 Å². The van der Waals surface area contributed by atoms with E-state index in [-0.39, 0.29) is 5.91 Å². The summed E-state index contributed by atoms with van der Waals surface area (Å²) in [4.78, 5) is 14.5. The van der Waals surface area contributed by atoms with Crippen LogP contribution in [-0.4, -0.2) is 45.4 Å². The van der Waals surface area contributed by atoms with E-state index in [0.717, 1.165) is 54.4 Å². The molecule has 2 aromatic carbocycles. The van der Waals surface area contributed by atoms with Crippen molar-refractivity contribution < 1.29 is 19.0 Å². The van der Waals surface area contributed by atoms with Gasteiger partial charge in [0.25, 0.3) is 0 Å². The number of benzene rings is 2. The smallest absolute Gasteiger partial charge is 0.224 e. The van der Waals surface area contributed by atoms with Gasteiger partial charge >= 0.3 is 0 Å². The quantitative estimate of drug-likeness (QED) is 0.773. The minimum Gasteiger partial charge on any atom is -0.486 e. The highest BCUT2D eigenvalue weighted by atomic mass is 35.5. The van der Waals surface area contributed by atoms with Crippen LogP contribution in [0.1, 0.15) is 18.4 Å². The Hall–Kier alpha value is -2.44. The van der Waals surface area contributed by atoms with E-state index in [1.54, 1.807) is 0 Å². The van der Waals surface area contributed by atoms with Crippen molar-refractivity contribution in [3.05, 3.63) is 47.0 Å². The van der Waals surface area contributed by atoms with Crippen LogP contribution in [0, 0.1) is 0 Å². The van der Waals surface area contributed by atoms with Crippen molar-refractivity contribution in [2.24, 2.45) is 0 Å². The number of amides is 1. The van der Waals surface area contributed by atoms with Crippen LogP contribution in [0.2, 0.25) is 5.02 Å². The third kappa shape index (κ3) is 5.14. The van der Waals surface area contributed by atoms with Gasteiger partial charge in [-0.15, -0.1) is 0 Å². The number of carbonyl (C=O) groups excluding carboxylic acids is 1. The Morgan fingerprint density at radius 1 is 1.00 bits per heavy atom. The van der Waals surface area contributed by atoms with E-state index in [1.807, 2.05) is 36.4 Å². The zero-order valence-corrected chi connectivity index (χ0v) is 17.0. The first kappa shape index (κ1) is 19.9. The van der Waals surface area contributed by atoms with Gasteiger partial charge in [0.1, 0.15) is 13.2 Å². The van der Waals surface area contributed by atoms with Crippen LogP contribution in [-0.2, 0) is 16.0 Å². The fraction of sp³-hybridized carbons (Fsp3) is 0.409. The lowest BCUT2D eigenvalue weighted by atomic mass is 10.1. The summed E-state index contributed by atoms with van der Waals surface area (Å²) >= 11 is 6.43. The number of aryl methyl sites for hydroxylation is 1. The number of anilines is 2. The second kappa shape index (κ2) is 9.37. The van der Waals surface area contributed by atoms with Crippen LogP contribution < -0.4 is 19.7 Å². The number of fused-ring (bicyclic) bond motifs is 1. The summed E-state index contributed by atoms with van der Waals surface area (Å²) in [5, 5.41) is 3.58. The van der Waals surface area contributed by atoms with E-state index in [9.17, 15) is 4.79 Å². The molecule has 0 aliphatic carbocycles. The number of morpholine rings is 1. The third-order valence-corrected chi connectivity index (χ3v) is 5.36. The van der Waals surface area contributed by atoms with Crippen molar-refractivity contribution in [2.75, 3.05) is 49.7 Å². The molecule has 7 heteroatoms. The van der Waals surface area contributed by atoms with Gasteiger partial charge in [-0.25, -0.2) is 0 Å². The Morgan fingerprint density at radius 3 is 2.59 bits per heavy atom. The molecule has 0 bridgehead atoms. The van der Waals surface area contributed by atoms with Crippen LogP contribution >= 0.6 is 11.6 Å². The maximum atomic E-state index is 12.3. The molecule has 2 aliphatic heterocycles. The van der Waals surface area contributed by atoms with E-state index in [0.29, 0.717) is 37.9 Å². The van der Waals surface area contributed by atoms with E-state index in [4.69, 9.17) is 25.8 Å². The lowest BCUT2D eigenvalue weighted by Crippen LogP contribution is -2.36. The first-order valence-corrected chi connectivity index (χ1v) is 10.4. The monoisotopic (exact) mass is 416 g/mol. The molecule has 1 amide bonds. The Kier molecular flexibility index (Phi) is 6.42. The molecule has 4 rings (SSSR count). The van der Waals surface area contributed by atoms with Crippen molar-refractivity contribution in [1.82, 2.24) is 0 Å². The van der Waals surface area contributed by atoms with Gasteiger partial charge in [-0.2, -0.15) is 0 Å². The summed E-state index contributed by atoms with van der Waals surface area (Å²) in [6, 6.07) is 11.6. The van der Waals surface area contributed by atoms with E-state index in [2.05, 4.69) is 10.2 Å². The highest BCUT2D eigenvalue weighted by Gasteiger charge is 2.15. The fourth-order valence-corrected chi connectivity index (χ4v) is 3.87. The maximum absolute atomic E-state index is 12.3. The predicted octanol–water partition coefficient (Wildman–Crippen LogP) is 3.91. The van der Waals surface area contributed by atoms with E-state index >= 15 is 0 Å². The molecule has 29 heavy (non-hydrogen) atoms. The minimum atomic E-state index is -0.0160. The largest absolute Gasteiger partial charge is 0.486 e. The van der Waals surface area contributed by atoms with Crippen molar-refractivity contribution >= 4 is 28.9 Å². The molecule has 0 radical (unpaired) electrons. The molecular formula is C22H25ClN2O4. The van der Waals surface area contributed by atoms with E-state index in [1.165, 1.54) is 0 Å². The Labute approximate surface area is 175 Å². The second-order valence-electron chi connectivity index (χ2n) is 7.15. The number of hydrogen-bond donors (Lipinski definition) is 1. The van der Waals surface area contributed by atoms with Crippen molar-refractivity contribution in [2.45, 2.75) is 19.3 Å². The van der Waals surface area contributed by atoms with Gasteiger partial charge in [0.05, 0.1) is 23.9 Å². The molecule has 1 saturated heterocycles. The molecule has 154 valence electrons. The summed E-state index contributed by atoms with van der Waals surface area (Å²) in [7, 11) is 0. The average molecular weight is 417 g/mol. The molecule has 2 aliphatic rings. The molecule has 0 aromatic heterocycles. The number of rotatable bonds is 6. The van der Waals surface area contributed by atoms with Gasteiger partial charge in [-0.1, -0.05) is 17.7 Å². The highest BCUT2D eigenvalue weighted by molar-refractivity contribution is 6.33. The Morgan fingerprint density at radius 2 is 1.79 bits per heavy atom. The predicted molar refractivity (Wildman–Crippen MR) is 113 cm³/mol.